The second-order valence-corrected chi connectivity index (χ2v) is 4.92. The van der Waals surface area contributed by atoms with Gasteiger partial charge in [0.2, 0.25) is 5.76 Å². The minimum Gasteiger partial charge on any atom is -0.463 e. The third kappa shape index (κ3) is 4.10. The SMILES string of the molecule is COC(=O)c1ccc(CNCc2ccc(N(C)C)cc2)o1. The van der Waals surface area contributed by atoms with Crippen LogP contribution in [0.2, 0.25) is 0 Å². The second-order valence-electron chi connectivity index (χ2n) is 4.92. The molecule has 0 spiro atoms. The molecule has 0 amide bonds. The minimum atomic E-state index is -0.458. The predicted molar refractivity (Wildman–Crippen MR) is 81.4 cm³/mol. The van der Waals surface area contributed by atoms with Crippen LogP contribution in [0.1, 0.15) is 21.9 Å². The van der Waals surface area contributed by atoms with E-state index in [4.69, 9.17) is 4.42 Å². The standard InChI is InChI=1S/C16H20N2O3/c1-18(2)13-6-4-12(5-7-13)10-17-11-14-8-9-15(21-14)16(19)20-3/h4-9,17H,10-11H2,1-3H3. The van der Waals surface area contributed by atoms with E-state index in [0.717, 1.165) is 6.54 Å². The molecule has 0 saturated heterocycles. The number of rotatable bonds is 6. The highest BCUT2D eigenvalue weighted by Gasteiger charge is 2.10. The Hall–Kier alpha value is -2.27. The summed E-state index contributed by atoms with van der Waals surface area (Å²) in [6.07, 6.45) is 0. The molecule has 0 atom stereocenters. The molecule has 1 heterocycles. The number of anilines is 1. The molecule has 1 aromatic carbocycles. The number of nitrogens with one attached hydrogen (secondary N) is 1. The van der Waals surface area contributed by atoms with Crippen LogP contribution in [0.15, 0.2) is 40.8 Å². The monoisotopic (exact) mass is 288 g/mol. The zero-order valence-electron chi connectivity index (χ0n) is 12.6. The number of hydrogen-bond acceptors (Lipinski definition) is 5. The van der Waals surface area contributed by atoms with Crippen molar-refractivity contribution in [2.24, 2.45) is 0 Å². The normalized spacial score (nSPS) is 10.4. The molecule has 1 aromatic heterocycles. The Kier molecular flexibility index (Phi) is 5.00. The van der Waals surface area contributed by atoms with Gasteiger partial charge in [0.1, 0.15) is 5.76 Å². The molecule has 0 aliphatic heterocycles. The zero-order chi connectivity index (χ0) is 15.2. The van der Waals surface area contributed by atoms with Crippen LogP contribution in [-0.2, 0) is 17.8 Å². The third-order valence-corrected chi connectivity index (χ3v) is 3.13. The summed E-state index contributed by atoms with van der Waals surface area (Å²) in [6.45, 7) is 1.30. The van der Waals surface area contributed by atoms with Crippen molar-refractivity contribution in [2.75, 3.05) is 26.1 Å². The summed E-state index contributed by atoms with van der Waals surface area (Å²) in [4.78, 5) is 13.3. The molecule has 0 saturated carbocycles. The van der Waals surface area contributed by atoms with E-state index in [1.54, 1.807) is 12.1 Å². The lowest BCUT2D eigenvalue weighted by atomic mass is 10.2. The van der Waals surface area contributed by atoms with Crippen LogP contribution >= 0.6 is 0 Å². The summed E-state index contributed by atoms with van der Waals surface area (Å²) < 4.78 is 9.98. The summed E-state index contributed by atoms with van der Waals surface area (Å²) in [5.41, 5.74) is 2.37. The molecular weight excluding hydrogens is 268 g/mol. The van der Waals surface area contributed by atoms with Crippen LogP contribution in [0, 0.1) is 0 Å². The van der Waals surface area contributed by atoms with Gasteiger partial charge < -0.3 is 19.4 Å². The maximum absolute atomic E-state index is 11.3. The molecule has 21 heavy (non-hydrogen) atoms. The number of carbonyl (C=O) groups is 1. The van der Waals surface area contributed by atoms with Gasteiger partial charge in [-0.1, -0.05) is 12.1 Å². The van der Waals surface area contributed by atoms with Gasteiger partial charge in [-0.25, -0.2) is 4.79 Å². The third-order valence-electron chi connectivity index (χ3n) is 3.13. The fourth-order valence-corrected chi connectivity index (χ4v) is 1.93. The summed E-state index contributed by atoms with van der Waals surface area (Å²) >= 11 is 0. The van der Waals surface area contributed by atoms with Crippen molar-refractivity contribution in [3.05, 3.63) is 53.5 Å². The van der Waals surface area contributed by atoms with Gasteiger partial charge in [-0.3, -0.25) is 0 Å². The lowest BCUT2D eigenvalue weighted by Crippen LogP contribution is -2.13. The van der Waals surface area contributed by atoms with Crippen LogP contribution in [0.5, 0.6) is 0 Å². The van der Waals surface area contributed by atoms with E-state index in [0.29, 0.717) is 12.3 Å². The van der Waals surface area contributed by atoms with Crippen molar-refractivity contribution in [3.8, 4) is 0 Å². The van der Waals surface area contributed by atoms with Crippen molar-refractivity contribution >= 4 is 11.7 Å². The van der Waals surface area contributed by atoms with Crippen molar-refractivity contribution in [1.82, 2.24) is 5.32 Å². The quantitative estimate of drug-likeness (QED) is 0.827. The van der Waals surface area contributed by atoms with E-state index in [1.165, 1.54) is 18.4 Å². The number of benzene rings is 1. The van der Waals surface area contributed by atoms with Gasteiger partial charge in [0.25, 0.3) is 0 Å². The van der Waals surface area contributed by atoms with E-state index in [9.17, 15) is 4.79 Å². The Morgan fingerprint density at radius 1 is 1.14 bits per heavy atom. The van der Waals surface area contributed by atoms with E-state index >= 15 is 0 Å². The van der Waals surface area contributed by atoms with E-state index in [2.05, 4.69) is 39.2 Å². The molecule has 5 nitrogen and oxygen atoms in total. The zero-order valence-corrected chi connectivity index (χ0v) is 12.6. The Morgan fingerprint density at radius 3 is 2.48 bits per heavy atom. The van der Waals surface area contributed by atoms with Crippen LogP contribution < -0.4 is 10.2 Å². The Balaban J connectivity index is 1.83. The number of methoxy groups -OCH3 is 1. The minimum absolute atomic E-state index is 0.227. The molecule has 0 radical (unpaired) electrons. The molecule has 1 N–H and O–H groups in total. The predicted octanol–water partition coefficient (Wildman–Crippen LogP) is 2.42. The summed E-state index contributed by atoms with van der Waals surface area (Å²) in [5, 5.41) is 3.28. The van der Waals surface area contributed by atoms with Crippen molar-refractivity contribution < 1.29 is 13.9 Å². The van der Waals surface area contributed by atoms with Crippen molar-refractivity contribution in [2.45, 2.75) is 13.1 Å². The molecule has 112 valence electrons. The lowest BCUT2D eigenvalue weighted by Gasteiger charge is -2.12. The largest absolute Gasteiger partial charge is 0.463 e. The van der Waals surface area contributed by atoms with Gasteiger partial charge in [0.15, 0.2) is 0 Å². The number of furan rings is 1. The maximum atomic E-state index is 11.3. The molecule has 2 rings (SSSR count). The Bertz CT molecular complexity index is 588. The first-order valence-electron chi connectivity index (χ1n) is 6.74. The van der Waals surface area contributed by atoms with Crippen molar-refractivity contribution in [1.29, 1.82) is 0 Å². The van der Waals surface area contributed by atoms with Crippen molar-refractivity contribution in [3.63, 3.8) is 0 Å². The van der Waals surface area contributed by atoms with Gasteiger partial charge in [-0.2, -0.15) is 0 Å². The van der Waals surface area contributed by atoms with E-state index in [1.807, 2.05) is 14.1 Å². The average Bonchev–Trinajstić information content (AvgIpc) is 2.96. The summed E-state index contributed by atoms with van der Waals surface area (Å²) in [7, 11) is 5.37. The van der Waals surface area contributed by atoms with E-state index in [-0.39, 0.29) is 5.76 Å². The van der Waals surface area contributed by atoms with E-state index < -0.39 is 5.97 Å². The smallest absolute Gasteiger partial charge is 0.373 e. The molecule has 0 bridgehead atoms. The van der Waals surface area contributed by atoms with Gasteiger partial charge in [-0.05, 0) is 29.8 Å². The number of hydrogen-bond donors (Lipinski definition) is 1. The maximum Gasteiger partial charge on any atom is 0.373 e. The number of nitrogens with zero attached hydrogens (tertiary/aromatic N) is 1. The van der Waals surface area contributed by atoms with Gasteiger partial charge in [0.05, 0.1) is 13.7 Å². The molecule has 0 fully saturated rings. The fourth-order valence-electron chi connectivity index (χ4n) is 1.93. The fraction of sp³-hybridized carbons (Fsp3) is 0.312. The molecule has 0 aliphatic carbocycles. The number of ether oxygens (including phenoxy) is 1. The average molecular weight is 288 g/mol. The molecule has 5 heteroatoms. The number of carbonyl (C=O) groups excluding carboxylic acids is 1. The Morgan fingerprint density at radius 2 is 1.86 bits per heavy atom. The molecule has 0 unspecified atom stereocenters. The topological polar surface area (TPSA) is 54.7 Å². The second kappa shape index (κ2) is 6.95. The highest BCUT2D eigenvalue weighted by atomic mass is 16.5. The first-order chi connectivity index (χ1) is 10.1. The highest BCUT2D eigenvalue weighted by molar-refractivity contribution is 5.86. The van der Waals surface area contributed by atoms with Gasteiger partial charge in [-0.15, -0.1) is 0 Å². The molecule has 0 aliphatic rings. The number of esters is 1. The lowest BCUT2D eigenvalue weighted by molar-refractivity contribution is 0.0563. The van der Waals surface area contributed by atoms with Gasteiger partial charge >= 0.3 is 5.97 Å². The van der Waals surface area contributed by atoms with Crippen LogP contribution in [0.25, 0.3) is 0 Å². The molecular formula is C16H20N2O3. The van der Waals surface area contributed by atoms with Gasteiger partial charge in [0, 0.05) is 26.3 Å². The summed E-state index contributed by atoms with van der Waals surface area (Å²) in [5.74, 6) is 0.477. The highest BCUT2D eigenvalue weighted by Crippen LogP contribution is 2.13. The summed E-state index contributed by atoms with van der Waals surface area (Å²) in [6, 6.07) is 11.7. The first kappa shape index (κ1) is 15.1. The molecule has 2 aromatic rings. The first-order valence-corrected chi connectivity index (χ1v) is 6.74. The van der Waals surface area contributed by atoms with Crippen LogP contribution in [0.4, 0.5) is 5.69 Å². The Labute approximate surface area is 124 Å². The van der Waals surface area contributed by atoms with Crippen LogP contribution in [-0.4, -0.2) is 27.2 Å². The van der Waals surface area contributed by atoms with Crippen LogP contribution in [0.3, 0.4) is 0 Å².